The molecule has 3 rings (SSSR count). The number of nitrogens with zero attached hydrogens (tertiary/aromatic N) is 1. The number of ether oxygens (including phenoxy) is 2. The zero-order valence-corrected chi connectivity index (χ0v) is 14.2. The molecule has 1 N–H and O–H groups in total. The Labute approximate surface area is 151 Å². The SMILES string of the molecule is COc1ccc(C=NNC(=O)c2ccco2)cc1OCc1ccccc1. The van der Waals surface area contributed by atoms with Crippen LogP contribution in [0, 0.1) is 0 Å². The maximum atomic E-state index is 11.8. The fourth-order valence-electron chi connectivity index (χ4n) is 2.25. The van der Waals surface area contributed by atoms with Crippen LogP contribution in [0.1, 0.15) is 21.7 Å². The number of benzene rings is 2. The summed E-state index contributed by atoms with van der Waals surface area (Å²) in [6.45, 7) is 0.424. The van der Waals surface area contributed by atoms with Gasteiger partial charge in [-0.2, -0.15) is 5.10 Å². The number of carbonyl (C=O) groups is 1. The Bertz CT molecular complexity index is 874. The van der Waals surface area contributed by atoms with E-state index in [0.29, 0.717) is 18.1 Å². The van der Waals surface area contributed by atoms with E-state index in [4.69, 9.17) is 13.9 Å². The molecular formula is C20H18N2O4. The first-order valence-electron chi connectivity index (χ1n) is 7.98. The molecule has 0 spiro atoms. The number of nitrogens with one attached hydrogen (secondary N) is 1. The Morgan fingerprint density at radius 2 is 1.96 bits per heavy atom. The number of carbonyl (C=O) groups excluding carboxylic acids is 1. The minimum absolute atomic E-state index is 0.198. The lowest BCUT2D eigenvalue weighted by Crippen LogP contribution is -2.16. The summed E-state index contributed by atoms with van der Waals surface area (Å²) in [5.74, 6) is 0.999. The van der Waals surface area contributed by atoms with Crippen molar-refractivity contribution in [3.63, 3.8) is 0 Å². The van der Waals surface area contributed by atoms with Crippen molar-refractivity contribution in [2.45, 2.75) is 6.61 Å². The van der Waals surface area contributed by atoms with Crippen molar-refractivity contribution in [2.75, 3.05) is 7.11 Å². The van der Waals surface area contributed by atoms with Crippen LogP contribution in [-0.4, -0.2) is 19.2 Å². The number of rotatable bonds is 7. The summed E-state index contributed by atoms with van der Waals surface area (Å²) in [6, 6.07) is 18.5. The predicted octanol–water partition coefficient (Wildman–Crippen LogP) is 3.63. The molecule has 6 heteroatoms. The van der Waals surface area contributed by atoms with Gasteiger partial charge in [-0.05, 0) is 41.5 Å². The van der Waals surface area contributed by atoms with E-state index >= 15 is 0 Å². The van der Waals surface area contributed by atoms with Gasteiger partial charge < -0.3 is 13.9 Å². The summed E-state index contributed by atoms with van der Waals surface area (Å²) in [5.41, 5.74) is 4.22. The van der Waals surface area contributed by atoms with Crippen LogP contribution in [0.3, 0.4) is 0 Å². The van der Waals surface area contributed by atoms with Crippen molar-refractivity contribution in [3.8, 4) is 11.5 Å². The van der Waals surface area contributed by atoms with Gasteiger partial charge in [-0.25, -0.2) is 5.43 Å². The molecule has 2 aromatic carbocycles. The summed E-state index contributed by atoms with van der Waals surface area (Å²) < 4.78 is 16.2. The van der Waals surface area contributed by atoms with Crippen molar-refractivity contribution in [3.05, 3.63) is 83.8 Å². The van der Waals surface area contributed by atoms with E-state index < -0.39 is 5.91 Å². The van der Waals surface area contributed by atoms with E-state index in [0.717, 1.165) is 11.1 Å². The molecule has 0 fully saturated rings. The number of hydrogen-bond donors (Lipinski definition) is 1. The van der Waals surface area contributed by atoms with Gasteiger partial charge in [-0.15, -0.1) is 0 Å². The van der Waals surface area contributed by atoms with Gasteiger partial charge in [0.25, 0.3) is 0 Å². The van der Waals surface area contributed by atoms with E-state index in [9.17, 15) is 4.79 Å². The lowest BCUT2D eigenvalue weighted by atomic mass is 10.2. The summed E-state index contributed by atoms with van der Waals surface area (Å²) in [7, 11) is 1.59. The van der Waals surface area contributed by atoms with Crippen LogP contribution in [0.5, 0.6) is 11.5 Å². The molecule has 0 saturated carbocycles. The molecule has 6 nitrogen and oxygen atoms in total. The summed E-state index contributed by atoms with van der Waals surface area (Å²) in [6.07, 6.45) is 2.95. The van der Waals surface area contributed by atoms with Crippen LogP contribution in [-0.2, 0) is 6.61 Å². The molecule has 1 aromatic heterocycles. The summed E-state index contributed by atoms with van der Waals surface area (Å²) in [4.78, 5) is 11.8. The van der Waals surface area contributed by atoms with Crippen molar-refractivity contribution >= 4 is 12.1 Å². The lowest BCUT2D eigenvalue weighted by Gasteiger charge is -2.11. The molecule has 132 valence electrons. The topological polar surface area (TPSA) is 73.1 Å². The van der Waals surface area contributed by atoms with Crippen LogP contribution < -0.4 is 14.9 Å². The van der Waals surface area contributed by atoms with Crippen LogP contribution in [0.25, 0.3) is 0 Å². The second-order valence-corrected chi connectivity index (χ2v) is 5.36. The van der Waals surface area contributed by atoms with Gasteiger partial charge in [0.05, 0.1) is 19.6 Å². The first-order chi connectivity index (χ1) is 12.8. The van der Waals surface area contributed by atoms with Crippen LogP contribution in [0.4, 0.5) is 0 Å². The molecule has 1 heterocycles. The highest BCUT2D eigenvalue weighted by Gasteiger charge is 2.07. The maximum absolute atomic E-state index is 11.8. The number of furan rings is 1. The van der Waals surface area contributed by atoms with E-state index in [1.165, 1.54) is 12.5 Å². The van der Waals surface area contributed by atoms with Gasteiger partial charge in [0.1, 0.15) is 6.61 Å². The van der Waals surface area contributed by atoms with Crippen molar-refractivity contribution in [1.82, 2.24) is 5.43 Å². The maximum Gasteiger partial charge on any atom is 0.307 e. The Kier molecular flexibility index (Phi) is 5.67. The van der Waals surface area contributed by atoms with Gasteiger partial charge in [0, 0.05) is 0 Å². The first kappa shape index (κ1) is 17.3. The molecule has 0 radical (unpaired) electrons. The third-order valence-electron chi connectivity index (χ3n) is 3.55. The van der Waals surface area contributed by atoms with E-state index in [1.807, 2.05) is 36.4 Å². The Balaban J connectivity index is 1.66. The zero-order chi connectivity index (χ0) is 18.2. The molecule has 0 aliphatic rings. The van der Waals surface area contributed by atoms with Crippen molar-refractivity contribution < 1.29 is 18.7 Å². The third-order valence-corrected chi connectivity index (χ3v) is 3.55. The highest BCUT2D eigenvalue weighted by atomic mass is 16.5. The highest BCUT2D eigenvalue weighted by molar-refractivity contribution is 5.92. The highest BCUT2D eigenvalue weighted by Crippen LogP contribution is 2.28. The second kappa shape index (κ2) is 8.53. The molecule has 0 aliphatic heterocycles. The standard InChI is InChI=1S/C20H18N2O4/c1-24-17-10-9-16(13-21-22-20(23)18-8-5-11-25-18)12-19(17)26-14-15-6-3-2-4-7-15/h2-13H,14H2,1H3,(H,22,23). The largest absolute Gasteiger partial charge is 0.493 e. The molecule has 0 atom stereocenters. The monoisotopic (exact) mass is 350 g/mol. The Hall–Kier alpha value is -3.54. The lowest BCUT2D eigenvalue weighted by molar-refractivity contribution is 0.0927. The first-order valence-corrected chi connectivity index (χ1v) is 7.98. The van der Waals surface area contributed by atoms with E-state index in [2.05, 4.69) is 10.5 Å². The normalized spacial score (nSPS) is 10.7. The van der Waals surface area contributed by atoms with Gasteiger partial charge in [0.15, 0.2) is 17.3 Å². The second-order valence-electron chi connectivity index (χ2n) is 5.36. The average molecular weight is 350 g/mol. The smallest absolute Gasteiger partial charge is 0.307 e. The summed E-state index contributed by atoms with van der Waals surface area (Å²) in [5, 5.41) is 3.93. The molecule has 26 heavy (non-hydrogen) atoms. The zero-order valence-electron chi connectivity index (χ0n) is 14.2. The summed E-state index contributed by atoms with van der Waals surface area (Å²) >= 11 is 0. The average Bonchev–Trinajstić information content (AvgIpc) is 3.22. The van der Waals surface area contributed by atoms with E-state index in [-0.39, 0.29) is 5.76 Å². The van der Waals surface area contributed by atoms with Crippen LogP contribution in [0.2, 0.25) is 0 Å². The Morgan fingerprint density at radius 3 is 2.69 bits per heavy atom. The Morgan fingerprint density at radius 1 is 1.12 bits per heavy atom. The number of hydrogen-bond acceptors (Lipinski definition) is 5. The fourth-order valence-corrected chi connectivity index (χ4v) is 2.25. The van der Waals surface area contributed by atoms with Gasteiger partial charge in [-0.3, -0.25) is 4.79 Å². The fraction of sp³-hybridized carbons (Fsp3) is 0.100. The predicted molar refractivity (Wildman–Crippen MR) is 97.5 cm³/mol. The van der Waals surface area contributed by atoms with Crippen LogP contribution in [0.15, 0.2) is 76.4 Å². The molecule has 0 unspecified atom stereocenters. The third kappa shape index (κ3) is 4.51. The van der Waals surface area contributed by atoms with Crippen molar-refractivity contribution in [1.29, 1.82) is 0 Å². The van der Waals surface area contributed by atoms with Gasteiger partial charge >= 0.3 is 5.91 Å². The molecule has 0 saturated heterocycles. The van der Waals surface area contributed by atoms with Crippen molar-refractivity contribution in [2.24, 2.45) is 5.10 Å². The minimum atomic E-state index is -0.416. The molecule has 3 aromatic rings. The number of amides is 1. The van der Waals surface area contributed by atoms with Crippen LogP contribution >= 0.6 is 0 Å². The molecule has 0 aliphatic carbocycles. The number of methoxy groups -OCH3 is 1. The quantitative estimate of drug-likeness (QED) is 0.522. The van der Waals surface area contributed by atoms with Gasteiger partial charge in [0.2, 0.25) is 0 Å². The number of hydrazone groups is 1. The molecular weight excluding hydrogens is 332 g/mol. The van der Waals surface area contributed by atoms with Gasteiger partial charge in [-0.1, -0.05) is 30.3 Å². The van der Waals surface area contributed by atoms with E-state index in [1.54, 1.807) is 31.4 Å². The minimum Gasteiger partial charge on any atom is -0.493 e. The molecule has 1 amide bonds. The molecule has 0 bridgehead atoms.